The molecule has 0 aliphatic heterocycles. The van der Waals surface area contributed by atoms with Crippen LogP contribution in [0.2, 0.25) is 0 Å². The third-order valence-corrected chi connectivity index (χ3v) is 10.5. The molecule has 0 radical (unpaired) electrons. The molecule has 1 fully saturated rings. The van der Waals surface area contributed by atoms with Gasteiger partial charge in [0.25, 0.3) is 10.0 Å². The molecule has 0 bridgehead atoms. The summed E-state index contributed by atoms with van der Waals surface area (Å²) in [6.07, 6.45) is 5.33. The first-order chi connectivity index (χ1) is 23.2. The quantitative estimate of drug-likeness (QED) is 0.162. The van der Waals surface area contributed by atoms with Crippen molar-refractivity contribution in [3.63, 3.8) is 0 Å². The van der Waals surface area contributed by atoms with Gasteiger partial charge in [-0.05, 0) is 74.2 Å². The Hall–Kier alpha value is -4.63. The van der Waals surface area contributed by atoms with Crippen molar-refractivity contribution in [2.75, 3.05) is 17.5 Å². The molecule has 1 aliphatic rings. The van der Waals surface area contributed by atoms with Crippen LogP contribution in [0.1, 0.15) is 55.7 Å². The highest BCUT2D eigenvalue weighted by atomic mass is 32.2. The van der Waals surface area contributed by atoms with Gasteiger partial charge >= 0.3 is 0 Å². The van der Waals surface area contributed by atoms with Crippen LogP contribution in [-0.2, 0) is 32.6 Å². The minimum Gasteiger partial charge on any atom is -0.494 e. The average Bonchev–Trinajstić information content (AvgIpc) is 3.11. The lowest BCUT2D eigenvalue weighted by atomic mass is 9.94. The number of rotatable bonds is 14. The number of ether oxygens (including phenoxy) is 1. The number of sulfonamides is 1. The van der Waals surface area contributed by atoms with Crippen LogP contribution in [0.4, 0.5) is 5.69 Å². The van der Waals surface area contributed by atoms with Gasteiger partial charge in [-0.3, -0.25) is 13.9 Å². The van der Waals surface area contributed by atoms with Crippen LogP contribution < -0.4 is 14.4 Å². The third-order valence-electron chi connectivity index (χ3n) is 8.74. The van der Waals surface area contributed by atoms with Crippen molar-refractivity contribution in [1.29, 1.82) is 0 Å². The van der Waals surface area contributed by atoms with Gasteiger partial charge in [0.1, 0.15) is 18.3 Å². The monoisotopic (exact) mass is 667 g/mol. The fraction of sp³-hybridized carbons (Fsp3) is 0.333. The summed E-state index contributed by atoms with van der Waals surface area (Å²) in [7, 11) is -4.17. The summed E-state index contributed by atoms with van der Waals surface area (Å²) in [6, 6.07) is 31.4. The first-order valence-electron chi connectivity index (χ1n) is 16.7. The molecule has 0 saturated heterocycles. The Morgan fingerprint density at radius 2 is 1.44 bits per heavy atom. The Balaban J connectivity index is 1.55. The smallest absolute Gasteiger partial charge is 0.264 e. The van der Waals surface area contributed by atoms with E-state index < -0.39 is 28.5 Å². The summed E-state index contributed by atoms with van der Waals surface area (Å²) >= 11 is 0. The molecule has 5 rings (SSSR count). The van der Waals surface area contributed by atoms with Crippen LogP contribution in [0.5, 0.6) is 5.75 Å². The van der Waals surface area contributed by atoms with E-state index in [4.69, 9.17) is 4.74 Å². The van der Waals surface area contributed by atoms with Gasteiger partial charge in [0.05, 0.1) is 17.2 Å². The summed E-state index contributed by atoms with van der Waals surface area (Å²) in [4.78, 5) is 30.5. The van der Waals surface area contributed by atoms with Gasteiger partial charge in [-0.1, -0.05) is 97.6 Å². The molecule has 8 nitrogen and oxygen atoms in total. The minimum absolute atomic E-state index is 0.0414. The molecule has 4 aromatic rings. The highest BCUT2D eigenvalue weighted by molar-refractivity contribution is 7.92. The number of carbonyl (C=O) groups is 2. The molecule has 0 aromatic heterocycles. The molecule has 1 saturated carbocycles. The maximum Gasteiger partial charge on any atom is 0.264 e. The van der Waals surface area contributed by atoms with E-state index in [1.165, 1.54) is 12.1 Å². The summed E-state index contributed by atoms with van der Waals surface area (Å²) in [5.41, 5.74) is 3.14. The van der Waals surface area contributed by atoms with E-state index in [0.717, 1.165) is 53.1 Å². The molecule has 0 unspecified atom stereocenters. The first kappa shape index (κ1) is 34.7. The van der Waals surface area contributed by atoms with Gasteiger partial charge in [0, 0.05) is 19.0 Å². The maximum absolute atomic E-state index is 14.7. The van der Waals surface area contributed by atoms with Gasteiger partial charge in [-0.2, -0.15) is 0 Å². The van der Waals surface area contributed by atoms with Gasteiger partial charge in [0.15, 0.2) is 0 Å². The van der Waals surface area contributed by atoms with Crippen molar-refractivity contribution in [3.8, 4) is 5.75 Å². The molecule has 1 atom stereocenters. The second-order valence-corrected chi connectivity index (χ2v) is 14.2. The van der Waals surface area contributed by atoms with Crippen molar-refractivity contribution >= 4 is 27.5 Å². The van der Waals surface area contributed by atoms with Crippen molar-refractivity contribution in [1.82, 2.24) is 10.2 Å². The maximum atomic E-state index is 14.7. The zero-order valence-electron chi connectivity index (χ0n) is 27.8. The Morgan fingerprint density at radius 3 is 2.06 bits per heavy atom. The summed E-state index contributed by atoms with van der Waals surface area (Å²) in [5.74, 6) is -0.124. The van der Waals surface area contributed by atoms with Gasteiger partial charge < -0.3 is 15.0 Å². The Kier molecular flexibility index (Phi) is 11.9. The molecule has 48 heavy (non-hydrogen) atoms. The number of anilines is 1. The third kappa shape index (κ3) is 9.04. The number of hydrogen-bond donors (Lipinski definition) is 1. The number of carbonyl (C=O) groups excluding carboxylic acids is 2. The second kappa shape index (κ2) is 16.5. The molecule has 9 heteroatoms. The summed E-state index contributed by atoms with van der Waals surface area (Å²) < 4.78 is 35.1. The Labute approximate surface area is 284 Å². The SMILES string of the molecule is CCOc1ccc(N(CC(=O)N(Cc2ccc(C)cc2)[C@@H](Cc2ccccc2)C(=O)NC2CCCCC2)S(=O)(=O)c2ccccc2)cc1. The zero-order valence-corrected chi connectivity index (χ0v) is 28.6. The van der Waals surface area contributed by atoms with Crippen LogP contribution in [0, 0.1) is 6.92 Å². The highest BCUT2D eigenvalue weighted by Gasteiger charge is 2.35. The van der Waals surface area contributed by atoms with E-state index in [1.807, 2.05) is 68.4 Å². The standard InChI is InChI=1S/C39H45N3O5S/c1-3-47-35-25-23-34(24-26-35)42(48(45,46)36-17-11-6-12-18-36)29-38(43)41(28-32-21-19-30(2)20-22-32)37(27-31-13-7-4-8-14-31)39(44)40-33-15-9-5-10-16-33/h4,6-8,11-14,17-26,33,37H,3,5,9-10,15-16,27-29H2,1-2H3,(H,40,44)/t37-/m0/s1. The topological polar surface area (TPSA) is 96.0 Å². The summed E-state index contributed by atoms with van der Waals surface area (Å²) in [6.45, 7) is 3.96. The van der Waals surface area contributed by atoms with Crippen LogP contribution in [0.3, 0.4) is 0 Å². The molecule has 252 valence electrons. The van der Waals surface area contributed by atoms with Crippen molar-refractivity contribution in [3.05, 3.63) is 126 Å². The average molecular weight is 668 g/mol. The highest BCUT2D eigenvalue weighted by Crippen LogP contribution is 2.27. The molecule has 2 amide bonds. The number of aryl methyl sites for hydroxylation is 1. The molecule has 4 aromatic carbocycles. The van der Waals surface area contributed by atoms with Gasteiger partial charge in [-0.25, -0.2) is 8.42 Å². The molecule has 0 spiro atoms. The van der Waals surface area contributed by atoms with Gasteiger partial charge in [-0.15, -0.1) is 0 Å². The van der Waals surface area contributed by atoms with E-state index >= 15 is 0 Å². The molecular formula is C39H45N3O5S. The van der Waals surface area contributed by atoms with Crippen LogP contribution in [-0.4, -0.2) is 50.4 Å². The van der Waals surface area contributed by atoms with E-state index in [9.17, 15) is 18.0 Å². The Bertz CT molecular complexity index is 1720. The van der Waals surface area contributed by atoms with Crippen molar-refractivity contribution in [2.45, 2.75) is 75.9 Å². The molecule has 1 aliphatic carbocycles. The lowest BCUT2D eigenvalue weighted by Gasteiger charge is -2.35. The van der Waals surface area contributed by atoms with Crippen LogP contribution in [0.25, 0.3) is 0 Å². The Morgan fingerprint density at radius 1 is 0.812 bits per heavy atom. The largest absolute Gasteiger partial charge is 0.494 e. The van der Waals surface area contributed by atoms with Crippen molar-refractivity contribution in [2.24, 2.45) is 0 Å². The van der Waals surface area contributed by atoms with E-state index in [-0.39, 0.29) is 29.8 Å². The molecule has 0 heterocycles. The first-order valence-corrected chi connectivity index (χ1v) is 18.2. The number of nitrogens with one attached hydrogen (secondary N) is 1. The van der Waals surface area contributed by atoms with E-state index in [2.05, 4.69) is 5.32 Å². The fourth-order valence-corrected chi connectivity index (χ4v) is 7.55. The van der Waals surface area contributed by atoms with Crippen LogP contribution >= 0.6 is 0 Å². The molecular weight excluding hydrogens is 623 g/mol. The number of hydrogen-bond acceptors (Lipinski definition) is 5. The zero-order chi connectivity index (χ0) is 33.9. The van der Waals surface area contributed by atoms with Crippen molar-refractivity contribution < 1.29 is 22.7 Å². The number of nitrogens with zero attached hydrogens (tertiary/aromatic N) is 2. The predicted molar refractivity (Wildman–Crippen MR) is 189 cm³/mol. The molecule has 1 N–H and O–H groups in total. The predicted octanol–water partition coefficient (Wildman–Crippen LogP) is 6.68. The fourth-order valence-electron chi connectivity index (χ4n) is 6.11. The second-order valence-electron chi connectivity index (χ2n) is 12.3. The summed E-state index contributed by atoms with van der Waals surface area (Å²) in [5, 5.41) is 3.25. The normalized spacial score (nSPS) is 14.1. The van der Waals surface area contributed by atoms with Crippen LogP contribution in [0.15, 0.2) is 114 Å². The van der Waals surface area contributed by atoms with E-state index in [0.29, 0.717) is 18.0 Å². The number of amides is 2. The number of benzene rings is 4. The lowest BCUT2D eigenvalue weighted by Crippen LogP contribution is -2.55. The lowest BCUT2D eigenvalue weighted by molar-refractivity contribution is -0.140. The van der Waals surface area contributed by atoms with Gasteiger partial charge in [0.2, 0.25) is 11.8 Å². The van der Waals surface area contributed by atoms with E-state index in [1.54, 1.807) is 47.4 Å². The minimum atomic E-state index is -4.17.